The van der Waals surface area contributed by atoms with Gasteiger partial charge in [0.05, 0.1) is 19.9 Å². The number of amides is 1. The lowest BCUT2D eigenvalue weighted by Gasteiger charge is -2.10. The first kappa shape index (κ1) is 17.9. The number of carbonyl (C=O) groups is 1. The second-order valence-corrected chi connectivity index (χ2v) is 6.55. The summed E-state index contributed by atoms with van der Waals surface area (Å²) < 4.78 is 21.6. The predicted octanol–water partition coefficient (Wildman–Crippen LogP) is 3.93. The van der Waals surface area contributed by atoms with E-state index < -0.39 is 5.91 Å². The number of methoxy groups -OCH3 is 2. The maximum Gasteiger partial charge on any atom is 0.277 e. The van der Waals surface area contributed by atoms with E-state index in [1.54, 1.807) is 31.4 Å². The van der Waals surface area contributed by atoms with Crippen molar-refractivity contribution in [3.05, 3.63) is 53.7 Å². The summed E-state index contributed by atoms with van der Waals surface area (Å²) in [7, 11) is 3.09. The molecule has 0 radical (unpaired) electrons. The summed E-state index contributed by atoms with van der Waals surface area (Å²) in [5.41, 5.74) is 2.63. The second-order valence-electron chi connectivity index (χ2n) is 6.55. The Morgan fingerprint density at radius 2 is 2.00 bits per heavy atom. The highest BCUT2D eigenvalue weighted by molar-refractivity contribution is 6.04. The second kappa shape index (κ2) is 7.26. The van der Waals surface area contributed by atoms with Gasteiger partial charge in [0.25, 0.3) is 5.91 Å². The molecular formula is C21H20N2O5. The first-order chi connectivity index (χ1) is 13.6. The van der Waals surface area contributed by atoms with Crippen LogP contribution in [0.1, 0.15) is 23.0 Å². The van der Waals surface area contributed by atoms with Gasteiger partial charge >= 0.3 is 0 Å². The quantitative estimate of drug-likeness (QED) is 0.722. The number of hydrogen-bond acceptors (Lipinski definition) is 6. The lowest BCUT2D eigenvalue weighted by atomic mass is 10.1. The molecular weight excluding hydrogens is 360 g/mol. The van der Waals surface area contributed by atoms with Crippen molar-refractivity contribution in [3.63, 3.8) is 0 Å². The molecule has 1 N–H and O–H groups in total. The summed E-state index contributed by atoms with van der Waals surface area (Å²) in [5.74, 6) is 2.13. The number of hydrogen-bond donors (Lipinski definition) is 1. The number of nitrogens with zero attached hydrogens (tertiary/aromatic N) is 1. The van der Waals surface area contributed by atoms with E-state index in [4.69, 9.17) is 18.7 Å². The van der Waals surface area contributed by atoms with E-state index in [0.29, 0.717) is 22.9 Å². The Balaban J connectivity index is 1.55. The molecule has 1 aromatic heterocycles. The molecule has 0 bridgehead atoms. The zero-order valence-electron chi connectivity index (χ0n) is 15.8. The van der Waals surface area contributed by atoms with Gasteiger partial charge < -0.3 is 24.1 Å². The molecule has 0 saturated heterocycles. The number of carbonyl (C=O) groups excluding carboxylic acids is 1. The van der Waals surface area contributed by atoms with Crippen LogP contribution in [0.15, 0.2) is 47.0 Å². The molecule has 2 heterocycles. The van der Waals surface area contributed by atoms with Crippen molar-refractivity contribution in [3.8, 4) is 28.6 Å². The van der Waals surface area contributed by atoms with Crippen molar-refractivity contribution in [2.24, 2.45) is 0 Å². The Kier molecular flexibility index (Phi) is 4.65. The van der Waals surface area contributed by atoms with Gasteiger partial charge in [0, 0.05) is 24.1 Å². The molecule has 144 valence electrons. The molecule has 0 fully saturated rings. The van der Waals surface area contributed by atoms with Gasteiger partial charge in [-0.15, -0.1) is 0 Å². The van der Waals surface area contributed by atoms with Crippen molar-refractivity contribution in [1.82, 2.24) is 5.16 Å². The lowest BCUT2D eigenvalue weighted by molar-refractivity contribution is 0.101. The van der Waals surface area contributed by atoms with Gasteiger partial charge in [-0.05, 0) is 42.8 Å². The number of aromatic nitrogens is 1. The SMILES string of the molecule is COc1ccc(OC)c(NC(=O)c2cc(-c3ccc4c(c3)C[C@H](C)O4)on2)c1. The Morgan fingerprint density at radius 1 is 1.14 bits per heavy atom. The molecule has 7 heteroatoms. The number of anilines is 1. The van der Waals surface area contributed by atoms with Crippen LogP contribution >= 0.6 is 0 Å². The van der Waals surface area contributed by atoms with Crippen LogP contribution in [0.3, 0.4) is 0 Å². The molecule has 1 amide bonds. The number of nitrogens with one attached hydrogen (secondary N) is 1. The van der Waals surface area contributed by atoms with Crippen LogP contribution in [-0.4, -0.2) is 31.4 Å². The highest BCUT2D eigenvalue weighted by Gasteiger charge is 2.21. The smallest absolute Gasteiger partial charge is 0.277 e. The number of fused-ring (bicyclic) bond motifs is 1. The average Bonchev–Trinajstić information content (AvgIpc) is 3.33. The first-order valence-corrected chi connectivity index (χ1v) is 8.87. The van der Waals surface area contributed by atoms with E-state index in [-0.39, 0.29) is 11.8 Å². The number of rotatable bonds is 5. The maximum absolute atomic E-state index is 12.6. The fourth-order valence-corrected chi connectivity index (χ4v) is 3.19. The van der Waals surface area contributed by atoms with Crippen LogP contribution in [0.4, 0.5) is 5.69 Å². The Bertz CT molecular complexity index is 1030. The van der Waals surface area contributed by atoms with Crippen LogP contribution in [-0.2, 0) is 6.42 Å². The lowest BCUT2D eigenvalue weighted by Crippen LogP contribution is -2.13. The van der Waals surface area contributed by atoms with Crippen LogP contribution in [0.2, 0.25) is 0 Å². The van der Waals surface area contributed by atoms with Crippen LogP contribution in [0.25, 0.3) is 11.3 Å². The summed E-state index contributed by atoms with van der Waals surface area (Å²) in [5, 5.41) is 6.68. The summed E-state index contributed by atoms with van der Waals surface area (Å²) in [4.78, 5) is 12.6. The fraction of sp³-hybridized carbons (Fsp3) is 0.238. The molecule has 2 aromatic carbocycles. The van der Waals surface area contributed by atoms with Gasteiger partial charge in [0.1, 0.15) is 23.4 Å². The number of ether oxygens (including phenoxy) is 3. The molecule has 4 rings (SSSR count). The normalized spacial score (nSPS) is 14.9. The monoisotopic (exact) mass is 380 g/mol. The molecule has 0 unspecified atom stereocenters. The summed E-state index contributed by atoms with van der Waals surface area (Å²) >= 11 is 0. The first-order valence-electron chi connectivity index (χ1n) is 8.87. The highest BCUT2D eigenvalue weighted by atomic mass is 16.5. The molecule has 7 nitrogen and oxygen atoms in total. The van der Waals surface area contributed by atoms with Gasteiger partial charge in [-0.2, -0.15) is 0 Å². The van der Waals surface area contributed by atoms with Gasteiger partial charge in [-0.25, -0.2) is 0 Å². The van der Waals surface area contributed by atoms with Crippen LogP contribution in [0, 0.1) is 0 Å². The zero-order chi connectivity index (χ0) is 19.7. The van der Waals surface area contributed by atoms with Crippen molar-refractivity contribution < 1.29 is 23.5 Å². The molecule has 1 aliphatic rings. The Morgan fingerprint density at radius 3 is 2.79 bits per heavy atom. The molecule has 1 atom stereocenters. The topological polar surface area (TPSA) is 82.8 Å². The van der Waals surface area contributed by atoms with Gasteiger partial charge in [0.2, 0.25) is 0 Å². The maximum atomic E-state index is 12.6. The summed E-state index contributed by atoms with van der Waals surface area (Å²) in [6.45, 7) is 2.03. The van der Waals surface area contributed by atoms with E-state index in [2.05, 4.69) is 10.5 Å². The van der Waals surface area contributed by atoms with Crippen molar-refractivity contribution in [2.75, 3.05) is 19.5 Å². The zero-order valence-corrected chi connectivity index (χ0v) is 15.8. The van der Waals surface area contributed by atoms with Crippen molar-refractivity contribution >= 4 is 11.6 Å². The largest absolute Gasteiger partial charge is 0.497 e. The van der Waals surface area contributed by atoms with Crippen LogP contribution in [0.5, 0.6) is 17.2 Å². The predicted molar refractivity (Wildman–Crippen MR) is 103 cm³/mol. The van der Waals surface area contributed by atoms with E-state index in [9.17, 15) is 4.79 Å². The molecule has 28 heavy (non-hydrogen) atoms. The Labute approximate surface area is 162 Å². The van der Waals surface area contributed by atoms with E-state index in [0.717, 1.165) is 23.3 Å². The van der Waals surface area contributed by atoms with E-state index in [1.807, 2.05) is 25.1 Å². The third kappa shape index (κ3) is 3.38. The van der Waals surface area contributed by atoms with E-state index in [1.165, 1.54) is 7.11 Å². The molecule has 0 saturated carbocycles. The van der Waals surface area contributed by atoms with Gasteiger partial charge in [-0.1, -0.05) is 5.16 Å². The number of benzene rings is 2. The standard InChI is InChI=1S/C21H20N2O5/c1-12-8-14-9-13(4-6-18(14)27-12)20-11-17(23-28-20)21(24)22-16-10-15(25-2)5-7-19(16)26-3/h4-7,9-12H,8H2,1-3H3,(H,22,24)/t12-/m0/s1. The van der Waals surface area contributed by atoms with Crippen molar-refractivity contribution in [2.45, 2.75) is 19.4 Å². The summed E-state index contributed by atoms with van der Waals surface area (Å²) in [6, 6.07) is 12.6. The van der Waals surface area contributed by atoms with Crippen molar-refractivity contribution in [1.29, 1.82) is 0 Å². The van der Waals surface area contributed by atoms with E-state index >= 15 is 0 Å². The van der Waals surface area contributed by atoms with Gasteiger partial charge in [-0.3, -0.25) is 4.79 Å². The minimum Gasteiger partial charge on any atom is -0.497 e. The minimum absolute atomic E-state index is 0.166. The summed E-state index contributed by atoms with van der Waals surface area (Å²) in [6.07, 6.45) is 1.01. The minimum atomic E-state index is -0.403. The van der Waals surface area contributed by atoms with Crippen LogP contribution < -0.4 is 19.5 Å². The third-order valence-corrected chi connectivity index (χ3v) is 4.58. The highest BCUT2D eigenvalue weighted by Crippen LogP contribution is 2.33. The molecule has 3 aromatic rings. The van der Waals surface area contributed by atoms with Gasteiger partial charge in [0.15, 0.2) is 11.5 Å². The Hall–Kier alpha value is -3.48. The molecule has 0 spiro atoms. The average molecular weight is 380 g/mol. The molecule has 1 aliphatic heterocycles. The third-order valence-electron chi connectivity index (χ3n) is 4.58. The molecule has 0 aliphatic carbocycles. The fourth-order valence-electron chi connectivity index (χ4n) is 3.19.